The fourth-order valence-corrected chi connectivity index (χ4v) is 4.53. The van der Waals surface area contributed by atoms with Crippen molar-refractivity contribution in [2.45, 2.75) is 43.9 Å². The maximum Gasteiger partial charge on any atom is 0.242 e. The zero-order valence-corrected chi connectivity index (χ0v) is 22.3. The first-order chi connectivity index (χ1) is 18.8. The lowest BCUT2D eigenvalue weighted by Crippen LogP contribution is -2.65. The minimum absolute atomic E-state index is 0.0727. The molecule has 0 aromatic heterocycles. The number of carbonyl (C=O) groups excluding carboxylic acids is 1. The summed E-state index contributed by atoms with van der Waals surface area (Å²) in [4.78, 5) is 16.3. The van der Waals surface area contributed by atoms with Crippen LogP contribution in [0.1, 0.15) is 11.1 Å². The Bertz CT molecular complexity index is 1270. The molecule has 11 heteroatoms. The molecule has 208 valence electrons. The van der Waals surface area contributed by atoms with Crippen LogP contribution in [0.15, 0.2) is 71.7 Å². The zero-order chi connectivity index (χ0) is 27.8. The zero-order valence-electron chi connectivity index (χ0n) is 21.5. The number of carbonyl (C=O) groups is 1. The number of rotatable bonds is 11. The van der Waals surface area contributed by atoms with E-state index in [9.17, 15) is 9.90 Å². The number of hydrogen-bond acceptors (Lipinski definition) is 7. The Kier molecular flexibility index (Phi) is 10.1. The second-order valence-electron chi connectivity index (χ2n) is 9.20. The predicted molar refractivity (Wildman–Crippen MR) is 148 cm³/mol. The third-order valence-corrected chi connectivity index (χ3v) is 6.62. The molecule has 3 aromatic carbocycles. The van der Waals surface area contributed by atoms with Gasteiger partial charge in [0.2, 0.25) is 5.91 Å². The van der Waals surface area contributed by atoms with E-state index in [0.29, 0.717) is 11.6 Å². The third kappa shape index (κ3) is 7.89. The standard InChI is InChI=1S/C28H33ClN4O6/c1-36-26-24(33-23(34)13-32-28(30)31)27(38-15-17-7-10-21(29)11-8-17)39-22(25(26)35)16-37-14-18-6-9-19-4-2-3-5-20(19)12-18/h2-12,22,24-27,35H,13-16H2,1H3,(H,33,34)(H4,30,31,32)/t22?,24?,25-,26+,27?/m0/s1. The van der Waals surface area contributed by atoms with Crippen LogP contribution in [-0.4, -0.2) is 67.9 Å². The van der Waals surface area contributed by atoms with Crippen molar-refractivity contribution in [2.24, 2.45) is 16.5 Å². The van der Waals surface area contributed by atoms with E-state index in [4.69, 9.17) is 42.0 Å². The first-order valence-electron chi connectivity index (χ1n) is 12.5. The average molecular weight is 557 g/mol. The molecular weight excluding hydrogens is 524 g/mol. The predicted octanol–water partition coefficient (Wildman–Crippen LogP) is 2.09. The Hall–Kier alpha value is -3.25. The lowest BCUT2D eigenvalue weighted by molar-refractivity contribution is -0.279. The normalized spacial score (nSPS) is 22.9. The molecule has 3 unspecified atom stereocenters. The first kappa shape index (κ1) is 28.8. The molecule has 10 nitrogen and oxygen atoms in total. The summed E-state index contributed by atoms with van der Waals surface area (Å²) in [5, 5.41) is 16.7. The summed E-state index contributed by atoms with van der Waals surface area (Å²) in [7, 11) is 1.44. The van der Waals surface area contributed by atoms with E-state index in [0.717, 1.165) is 21.9 Å². The summed E-state index contributed by atoms with van der Waals surface area (Å²) >= 11 is 5.99. The molecule has 1 amide bonds. The lowest BCUT2D eigenvalue weighted by atomic mass is 9.96. The summed E-state index contributed by atoms with van der Waals surface area (Å²) < 4.78 is 23.7. The van der Waals surface area contributed by atoms with Gasteiger partial charge in [0.05, 0.1) is 19.8 Å². The molecular formula is C28H33ClN4O6. The second-order valence-corrected chi connectivity index (χ2v) is 9.64. The molecule has 1 fully saturated rings. The minimum atomic E-state index is -1.12. The van der Waals surface area contributed by atoms with Gasteiger partial charge in [-0.15, -0.1) is 0 Å². The molecule has 1 aliphatic rings. The van der Waals surface area contributed by atoms with E-state index < -0.39 is 36.6 Å². The number of ether oxygens (including phenoxy) is 4. The van der Waals surface area contributed by atoms with Crippen LogP contribution >= 0.6 is 11.6 Å². The highest BCUT2D eigenvalue weighted by atomic mass is 35.5. The fraction of sp³-hybridized carbons (Fsp3) is 0.357. The Balaban J connectivity index is 1.45. The van der Waals surface area contributed by atoms with Crippen molar-refractivity contribution in [3.63, 3.8) is 0 Å². The molecule has 0 bridgehead atoms. The van der Waals surface area contributed by atoms with Crippen LogP contribution in [-0.2, 0) is 37.0 Å². The van der Waals surface area contributed by atoms with Crippen molar-refractivity contribution in [1.29, 1.82) is 0 Å². The number of nitrogens with one attached hydrogen (secondary N) is 1. The smallest absolute Gasteiger partial charge is 0.242 e. The number of aliphatic imine (C=N–C) groups is 1. The van der Waals surface area contributed by atoms with Gasteiger partial charge in [0, 0.05) is 12.1 Å². The van der Waals surface area contributed by atoms with Crippen LogP contribution in [0.5, 0.6) is 0 Å². The van der Waals surface area contributed by atoms with Gasteiger partial charge in [-0.05, 0) is 40.1 Å². The van der Waals surface area contributed by atoms with Crippen LogP contribution in [0.4, 0.5) is 0 Å². The van der Waals surface area contributed by atoms with Crippen molar-refractivity contribution in [3.8, 4) is 0 Å². The van der Waals surface area contributed by atoms with Crippen molar-refractivity contribution in [2.75, 3.05) is 20.3 Å². The van der Waals surface area contributed by atoms with E-state index in [1.807, 2.05) is 48.5 Å². The van der Waals surface area contributed by atoms with Gasteiger partial charge in [-0.3, -0.25) is 4.79 Å². The van der Waals surface area contributed by atoms with Gasteiger partial charge < -0.3 is 40.8 Å². The van der Waals surface area contributed by atoms with Gasteiger partial charge in [0.1, 0.15) is 30.9 Å². The number of fused-ring (bicyclic) bond motifs is 1. The summed E-state index contributed by atoms with van der Waals surface area (Å²) in [5.41, 5.74) is 12.5. The lowest BCUT2D eigenvalue weighted by Gasteiger charge is -2.44. The van der Waals surface area contributed by atoms with E-state index >= 15 is 0 Å². The Morgan fingerprint density at radius 3 is 2.49 bits per heavy atom. The van der Waals surface area contributed by atoms with Crippen molar-refractivity contribution in [1.82, 2.24) is 5.32 Å². The third-order valence-electron chi connectivity index (χ3n) is 6.37. The van der Waals surface area contributed by atoms with E-state index in [1.54, 1.807) is 12.1 Å². The molecule has 1 heterocycles. The number of aliphatic hydroxyl groups is 1. The van der Waals surface area contributed by atoms with Crippen LogP contribution < -0.4 is 16.8 Å². The topological polar surface area (TPSA) is 151 Å². The SMILES string of the molecule is CO[C@@H]1C(NC(=O)CN=C(N)N)C(OCc2ccc(Cl)cc2)OC(COCc2ccc3ccccc3c2)[C@@H]1O. The highest BCUT2D eigenvalue weighted by Crippen LogP contribution is 2.26. The highest BCUT2D eigenvalue weighted by Gasteiger charge is 2.47. The Morgan fingerprint density at radius 1 is 1.05 bits per heavy atom. The Morgan fingerprint density at radius 2 is 1.77 bits per heavy atom. The van der Waals surface area contributed by atoms with Crippen LogP contribution in [0.2, 0.25) is 5.02 Å². The summed E-state index contributed by atoms with van der Waals surface area (Å²) in [6.07, 6.45) is -3.72. The largest absolute Gasteiger partial charge is 0.388 e. The van der Waals surface area contributed by atoms with Crippen molar-refractivity contribution >= 4 is 34.2 Å². The first-order valence-corrected chi connectivity index (χ1v) is 12.8. The highest BCUT2D eigenvalue weighted by molar-refractivity contribution is 6.30. The molecule has 0 radical (unpaired) electrons. The number of hydrogen-bond donors (Lipinski definition) is 4. The van der Waals surface area contributed by atoms with E-state index in [2.05, 4.69) is 16.4 Å². The molecule has 39 heavy (non-hydrogen) atoms. The molecule has 4 rings (SSSR count). The number of nitrogens with zero attached hydrogens (tertiary/aromatic N) is 1. The molecule has 0 aliphatic carbocycles. The molecule has 1 aliphatic heterocycles. The number of benzene rings is 3. The van der Waals surface area contributed by atoms with E-state index in [1.165, 1.54) is 7.11 Å². The monoisotopic (exact) mass is 556 g/mol. The maximum absolute atomic E-state index is 12.5. The average Bonchev–Trinajstić information content (AvgIpc) is 2.93. The van der Waals surface area contributed by atoms with Crippen LogP contribution in [0.25, 0.3) is 10.8 Å². The number of methoxy groups -OCH3 is 1. The molecule has 0 saturated carbocycles. The summed E-state index contributed by atoms with van der Waals surface area (Å²) in [6.45, 7) is 0.264. The quantitative estimate of drug-likeness (QED) is 0.207. The fourth-order valence-electron chi connectivity index (χ4n) is 4.41. The molecule has 1 saturated heterocycles. The number of amides is 1. The van der Waals surface area contributed by atoms with Gasteiger partial charge >= 0.3 is 0 Å². The second kappa shape index (κ2) is 13.7. The van der Waals surface area contributed by atoms with E-state index in [-0.39, 0.29) is 25.7 Å². The van der Waals surface area contributed by atoms with Crippen LogP contribution in [0.3, 0.4) is 0 Å². The number of nitrogens with two attached hydrogens (primary N) is 2. The number of aliphatic hydroxyl groups excluding tert-OH is 1. The van der Waals surface area contributed by atoms with Gasteiger partial charge in [-0.2, -0.15) is 0 Å². The van der Waals surface area contributed by atoms with Crippen LogP contribution in [0, 0.1) is 0 Å². The molecule has 3 aromatic rings. The maximum atomic E-state index is 12.5. The molecule has 0 spiro atoms. The Labute approximate surface area is 231 Å². The molecule has 5 atom stereocenters. The van der Waals surface area contributed by atoms with Gasteiger partial charge in [-0.1, -0.05) is 60.1 Å². The number of guanidine groups is 1. The number of halogens is 1. The summed E-state index contributed by atoms with van der Waals surface area (Å²) in [5.74, 6) is -0.704. The summed E-state index contributed by atoms with van der Waals surface area (Å²) in [6, 6.07) is 20.5. The van der Waals surface area contributed by atoms with Gasteiger partial charge in [0.25, 0.3) is 0 Å². The molecule has 6 N–H and O–H groups in total. The van der Waals surface area contributed by atoms with Crippen molar-refractivity contribution < 1.29 is 28.8 Å². The van der Waals surface area contributed by atoms with Crippen molar-refractivity contribution in [3.05, 3.63) is 82.9 Å². The van der Waals surface area contributed by atoms with Gasteiger partial charge in [0.15, 0.2) is 12.2 Å². The minimum Gasteiger partial charge on any atom is -0.388 e. The van der Waals surface area contributed by atoms with Gasteiger partial charge in [-0.25, -0.2) is 4.99 Å².